The third-order valence-corrected chi connectivity index (χ3v) is 4.43. The summed E-state index contributed by atoms with van der Waals surface area (Å²) in [6.07, 6.45) is 8.17. The third kappa shape index (κ3) is 2.11. The Morgan fingerprint density at radius 2 is 2.08 bits per heavy atom. The largest absolute Gasteiger partial charge is 0.356 e. The summed E-state index contributed by atoms with van der Waals surface area (Å²) in [6.45, 7) is 0. The fraction of sp³-hybridized carbons (Fsp3) is 0.0588. The van der Waals surface area contributed by atoms with Gasteiger partial charge in [-0.3, -0.25) is 10.1 Å². The van der Waals surface area contributed by atoms with E-state index in [1.54, 1.807) is 30.9 Å². The smallest absolute Gasteiger partial charge is 0.164 e. The molecule has 0 saturated heterocycles. The maximum Gasteiger partial charge on any atom is 0.164 e. The molecule has 0 fully saturated rings. The normalized spacial score (nSPS) is 18.5. The summed E-state index contributed by atoms with van der Waals surface area (Å²) < 4.78 is 14.7. The Hall–Kier alpha value is -3.59. The highest BCUT2D eigenvalue weighted by Gasteiger charge is 2.42. The Bertz CT molecular complexity index is 1100. The number of hydrogen-bond donors (Lipinski definition) is 4. The minimum Gasteiger partial charge on any atom is -0.356 e. The Balaban J connectivity index is 1.69. The molecule has 0 amide bonds. The van der Waals surface area contributed by atoms with Gasteiger partial charge in [0.2, 0.25) is 0 Å². The summed E-state index contributed by atoms with van der Waals surface area (Å²) in [5.74, 6) is 0.207. The fourth-order valence-electron chi connectivity index (χ4n) is 3.17. The lowest BCUT2D eigenvalue weighted by Crippen LogP contribution is -2.48. The van der Waals surface area contributed by atoms with Crippen molar-refractivity contribution in [2.45, 2.75) is 5.66 Å². The van der Waals surface area contributed by atoms with Crippen molar-refractivity contribution in [3.8, 4) is 0 Å². The standard InChI is InChI=1S/C17H13FN8/c18-13-5-14-10(6-22-24-14)4-15(13)23-17(11-2-1-3-19-7-11)12-8-20-9-21-16(12)25-26-17/h1-9,23,26H,(H,22,24)(H,20,21,25). The lowest BCUT2D eigenvalue weighted by Gasteiger charge is -2.32. The van der Waals surface area contributed by atoms with Crippen LogP contribution in [-0.2, 0) is 5.66 Å². The van der Waals surface area contributed by atoms with Gasteiger partial charge in [0.25, 0.3) is 0 Å². The summed E-state index contributed by atoms with van der Waals surface area (Å²) >= 11 is 0. The first-order valence-corrected chi connectivity index (χ1v) is 7.91. The van der Waals surface area contributed by atoms with Crippen LogP contribution >= 0.6 is 0 Å². The van der Waals surface area contributed by atoms with Crippen molar-refractivity contribution in [3.63, 3.8) is 0 Å². The molecule has 1 unspecified atom stereocenters. The molecule has 0 saturated carbocycles. The second kappa shape index (κ2) is 5.46. The number of benzene rings is 1. The number of anilines is 2. The van der Waals surface area contributed by atoms with E-state index in [2.05, 4.69) is 41.3 Å². The van der Waals surface area contributed by atoms with Crippen LogP contribution in [0, 0.1) is 5.82 Å². The molecular weight excluding hydrogens is 335 g/mol. The zero-order valence-electron chi connectivity index (χ0n) is 13.4. The molecule has 1 aromatic carbocycles. The number of hydrogen-bond acceptors (Lipinski definition) is 7. The van der Waals surface area contributed by atoms with E-state index in [1.807, 2.05) is 12.1 Å². The molecule has 1 atom stereocenters. The predicted octanol–water partition coefficient (Wildman–Crippen LogP) is 2.13. The van der Waals surface area contributed by atoms with E-state index in [0.29, 0.717) is 17.0 Å². The molecule has 3 aromatic heterocycles. The Morgan fingerprint density at radius 1 is 1.12 bits per heavy atom. The van der Waals surface area contributed by atoms with Crippen molar-refractivity contribution in [2.24, 2.45) is 0 Å². The van der Waals surface area contributed by atoms with Crippen LogP contribution < -0.4 is 16.2 Å². The fourth-order valence-corrected chi connectivity index (χ4v) is 3.17. The van der Waals surface area contributed by atoms with Gasteiger partial charge in [-0.1, -0.05) is 6.07 Å². The molecule has 5 rings (SSSR count). The van der Waals surface area contributed by atoms with Crippen LogP contribution in [0.1, 0.15) is 11.1 Å². The molecule has 128 valence electrons. The molecular formula is C17H13FN8. The molecule has 8 nitrogen and oxygen atoms in total. The zero-order valence-corrected chi connectivity index (χ0v) is 13.4. The van der Waals surface area contributed by atoms with E-state index in [0.717, 1.165) is 16.5 Å². The van der Waals surface area contributed by atoms with E-state index < -0.39 is 11.5 Å². The maximum atomic E-state index is 14.7. The summed E-state index contributed by atoms with van der Waals surface area (Å²) in [5, 5.41) is 10.8. The molecule has 4 N–H and O–H groups in total. The highest BCUT2D eigenvalue weighted by Crippen LogP contribution is 2.38. The monoisotopic (exact) mass is 348 g/mol. The van der Waals surface area contributed by atoms with E-state index in [9.17, 15) is 4.39 Å². The number of fused-ring (bicyclic) bond motifs is 2. The number of pyridine rings is 1. The van der Waals surface area contributed by atoms with E-state index >= 15 is 0 Å². The van der Waals surface area contributed by atoms with Gasteiger partial charge in [0.1, 0.15) is 12.1 Å². The van der Waals surface area contributed by atoms with Crippen molar-refractivity contribution >= 4 is 22.4 Å². The summed E-state index contributed by atoms with van der Waals surface area (Å²) in [5.41, 5.74) is 7.69. The number of H-pyrrole nitrogens is 1. The van der Waals surface area contributed by atoms with Crippen molar-refractivity contribution < 1.29 is 4.39 Å². The van der Waals surface area contributed by atoms with E-state index in [-0.39, 0.29) is 0 Å². The highest BCUT2D eigenvalue weighted by molar-refractivity contribution is 5.82. The first-order chi connectivity index (χ1) is 12.8. The van der Waals surface area contributed by atoms with Crippen molar-refractivity contribution in [3.05, 3.63) is 72.3 Å². The summed E-state index contributed by atoms with van der Waals surface area (Å²) in [4.78, 5) is 12.6. The highest BCUT2D eigenvalue weighted by atomic mass is 19.1. The van der Waals surface area contributed by atoms with Crippen LogP contribution in [0.3, 0.4) is 0 Å². The average molecular weight is 348 g/mol. The SMILES string of the molecule is Fc1cc2[nH]ncc2cc1NC1(c2cccnc2)NNc2ncncc21. The number of rotatable bonds is 3. The molecule has 0 radical (unpaired) electrons. The van der Waals surface area contributed by atoms with E-state index in [1.165, 1.54) is 12.4 Å². The van der Waals surface area contributed by atoms with Crippen LogP contribution in [0.4, 0.5) is 15.9 Å². The molecule has 0 bridgehead atoms. The lowest BCUT2D eigenvalue weighted by molar-refractivity contribution is 0.518. The predicted molar refractivity (Wildman–Crippen MR) is 93.5 cm³/mol. The van der Waals surface area contributed by atoms with Crippen LogP contribution in [0.15, 0.2) is 55.4 Å². The number of halogens is 1. The molecule has 1 aliphatic heterocycles. The average Bonchev–Trinajstić information content (AvgIpc) is 3.28. The zero-order chi connectivity index (χ0) is 17.6. The molecule has 9 heteroatoms. The van der Waals surface area contributed by atoms with Gasteiger partial charge in [0.05, 0.1) is 23.0 Å². The molecule has 1 aliphatic rings. The number of aromatic nitrogens is 5. The summed E-state index contributed by atoms with van der Waals surface area (Å²) in [6, 6.07) is 6.82. The number of nitrogens with zero attached hydrogens (tertiary/aromatic N) is 4. The van der Waals surface area contributed by atoms with Gasteiger partial charge in [-0.15, -0.1) is 0 Å². The number of aromatic amines is 1. The first kappa shape index (κ1) is 14.7. The van der Waals surface area contributed by atoms with Gasteiger partial charge in [-0.25, -0.2) is 19.8 Å². The first-order valence-electron chi connectivity index (χ1n) is 7.91. The minimum absolute atomic E-state index is 0.314. The van der Waals surface area contributed by atoms with Crippen LogP contribution in [-0.4, -0.2) is 25.1 Å². The molecule has 4 aromatic rings. The number of nitrogens with one attached hydrogen (secondary N) is 4. The van der Waals surface area contributed by atoms with Crippen LogP contribution in [0.5, 0.6) is 0 Å². The van der Waals surface area contributed by atoms with Crippen molar-refractivity contribution in [1.82, 2.24) is 30.6 Å². The lowest BCUT2D eigenvalue weighted by atomic mass is 9.95. The van der Waals surface area contributed by atoms with Gasteiger partial charge in [0, 0.05) is 35.6 Å². The third-order valence-electron chi connectivity index (χ3n) is 4.43. The molecule has 0 aliphatic carbocycles. The molecule has 4 heterocycles. The van der Waals surface area contributed by atoms with Crippen LogP contribution in [0.25, 0.3) is 10.9 Å². The van der Waals surface area contributed by atoms with Crippen LogP contribution in [0.2, 0.25) is 0 Å². The Kier molecular flexibility index (Phi) is 3.09. The van der Waals surface area contributed by atoms with Gasteiger partial charge < -0.3 is 10.7 Å². The van der Waals surface area contributed by atoms with Gasteiger partial charge in [-0.2, -0.15) is 5.10 Å². The minimum atomic E-state index is -0.983. The topological polar surface area (TPSA) is 103 Å². The number of hydrazine groups is 1. The second-order valence-electron chi connectivity index (χ2n) is 5.94. The van der Waals surface area contributed by atoms with Gasteiger partial charge in [-0.05, 0) is 12.1 Å². The van der Waals surface area contributed by atoms with Gasteiger partial charge >= 0.3 is 0 Å². The van der Waals surface area contributed by atoms with Crippen molar-refractivity contribution in [1.29, 1.82) is 0 Å². The quantitative estimate of drug-likeness (QED) is 0.450. The van der Waals surface area contributed by atoms with E-state index in [4.69, 9.17) is 0 Å². The molecule has 0 spiro atoms. The van der Waals surface area contributed by atoms with Gasteiger partial charge in [0.15, 0.2) is 11.5 Å². The van der Waals surface area contributed by atoms with Crippen molar-refractivity contribution in [2.75, 3.05) is 10.7 Å². The molecule has 26 heavy (non-hydrogen) atoms. The second-order valence-corrected chi connectivity index (χ2v) is 5.94. The maximum absolute atomic E-state index is 14.7. The Morgan fingerprint density at radius 3 is 2.96 bits per heavy atom. The summed E-state index contributed by atoms with van der Waals surface area (Å²) in [7, 11) is 0. The Labute approximate surface area is 146 Å².